The van der Waals surface area contributed by atoms with Crippen molar-refractivity contribution in [2.75, 3.05) is 0 Å². The maximum atomic E-state index is 8.51. The van der Waals surface area contributed by atoms with Gasteiger partial charge in [0, 0.05) is 18.8 Å². The zero-order valence-corrected chi connectivity index (χ0v) is 6.07. The predicted molar refractivity (Wildman–Crippen MR) is 37.2 cm³/mol. The Balaban J connectivity index is 2.87. The first-order chi connectivity index (χ1) is 4.74. The molecule has 0 spiro atoms. The van der Waals surface area contributed by atoms with Gasteiger partial charge in [-0.2, -0.15) is 10.4 Å². The van der Waals surface area contributed by atoms with Crippen LogP contribution in [0.3, 0.4) is 0 Å². The summed E-state index contributed by atoms with van der Waals surface area (Å²) in [6.07, 6.45) is 3.57. The van der Waals surface area contributed by atoms with Gasteiger partial charge in [0.25, 0.3) is 0 Å². The molecule has 0 amide bonds. The van der Waals surface area contributed by atoms with E-state index in [9.17, 15) is 0 Å². The highest BCUT2D eigenvalue weighted by Crippen LogP contribution is 2.10. The molecule has 0 saturated heterocycles. The summed E-state index contributed by atoms with van der Waals surface area (Å²) in [5.41, 5.74) is 0.977. The smallest absolute Gasteiger partial charge is 0.0715 e. The van der Waals surface area contributed by atoms with Crippen molar-refractivity contribution in [2.24, 2.45) is 7.05 Å². The van der Waals surface area contributed by atoms with E-state index in [2.05, 4.69) is 11.2 Å². The molecule has 0 aliphatic carbocycles. The third-order valence-electron chi connectivity index (χ3n) is 1.42. The van der Waals surface area contributed by atoms with Gasteiger partial charge in [-0.25, -0.2) is 0 Å². The van der Waals surface area contributed by atoms with Gasteiger partial charge in [0.15, 0.2) is 0 Å². The largest absolute Gasteiger partial charge is 0.275 e. The molecule has 1 aromatic heterocycles. The maximum Gasteiger partial charge on any atom is 0.0715 e. The zero-order valence-electron chi connectivity index (χ0n) is 6.07. The quantitative estimate of drug-likeness (QED) is 0.577. The van der Waals surface area contributed by atoms with Gasteiger partial charge in [0.05, 0.1) is 18.2 Å². The summed E-state index contributed by atoms with van der Waals surface area (Å²) in [5, 5.41) is 12.5. The fraction of sp³-hybridized carbons (Fsp3) is 0.429. The molecule has 1 rings (SSSR count). The molecule has 0 aromatic carbocycles. The molecular weight excluding hydrogens is 126 g/mol. The van der Waals surface area contributed by atoms with Gasteiger partial charge >= 0.3 is 0 Å². The Morgan fingerprint density at radius 3 is 2.90 bits per heavy atom. The van der Waals surface area contributed by atoms with Crippen LogP contribution < -0.4 is 0 Å². The van der Waals surface area contributed by atoms with Crippen molar-refractivity contribution in [1.29, 1.82) is 5.26 Å². The monoisotopic (exact) mass is 135 g/mol. The number of nitriles is 1. The van der Waals surface area contributed by atoms with Crippen molar-refractivity contribution in [3.8, 4) is 6.07 Å². The lowest BCUT2D eigenvalue weighted by Crippen LogP contribution is -1.87. The Bertz CT molecular complexity index is 256. The van der Waals surface area contributed by atoms with Crippen molar-refractivity contribution >= 4 is 0 Å². The number of nitrogens with zero attached hydrogens (tertiary/aromatic N) is 3. The van der Waals surface area contributed by atoms with E-state index in [4.69, 9.17) is 5.26 Å². The van der Waals surface area contributed by atoms with Crippen molar-refractivity contribution < 1.29 is 0 Å². The molecule has 0 fully saturated rings. The van der Waals surface area contributed by atoms with Gasteiger partial charge in [0.2, 0.25) is 0 Å². The SMILES string of the molecule is CC(C#N)c1cnn(C)c1. The van der Waals surface area contributed by atoms with Crippen molar-refractivity contribution in [2.45, 2.75) is 12.8 Å². The highest BCUT2D eigenvalue weighted by atomic mass is 15.2. The van der Waals surface area contributed by atoms with Crippen LogP contribution in [0.15, 0.2) is 12.4 Å². The molecule has 0 saturated carbocycles. The molecule has 1 heterocycles. The minimum atomic E-state index is -0.0475. The topological polar surface area (TPSA) is 41.6 Å². The van der Waals surface area contributed by atoms with Gasteiger partial charge in [-0.05, 0) is 6.92 Å². The fourth-order valence-electron chi connectivity index (χ4n) is 0.738. The minimum Gasteiger partial charge on any atom is -0.275 e. The van der Waals surface area contributed by atoms with E-state index in [0.29, 0.717) is 0 Å². The lowest BCUT2D eigenvalue weighted by atomic mass is 10.1. The first-order valence-electron chi connectivity index (χ1n) is 3.12. The number of hydrogen-bond acceptors (Lipinski definition) is 2. The highest BCUT2D eigenvalue weighted by Gasteiger charge is 2.03. The average Bonchev–Trinajstić information content (AvgIpc) is 2.34. The minimum absolute atomic E-state index is 0.0475. The Morgan fingerprint density at radius 2 is 2.50 bits per heavy atom. The summed E-state index contributed by atoms with van der Waals surface area (Å²) in [5.74, 6) is -0.0475. The molecule has 10 heavy (non-hydrogen) atoms. The van der Waals surface area contributed by atoms with Crippen LogP contribution in [0.2, 0.25) is 0 Å². The molecule has 1 atom stereocenters. The first kappa shape index (κ1) is 6.81. The third kappa shape index (κ3) is 1.16. The van der Waals surface area contributed by atoms with Crippen LogP contribution in [0, 0.1) is 11.3 Å². The van der Waals surface area contributed by atoms with Crippen molar-refractivity contribution in [3.63, 3.8) is 0 Å². The molecule has 0 aliphatic heterocycles. The first-order valence-corrected chi connectivity index (χ1v) is 3.12. The summed E-state index contributed by atoms with van der Waals surface area (Å²) >= 11 is 0. The van der Waals surface area contributed by atoms with Gasteiger partial charge in [-0.1, -0.05) is 0 Å². The number of aromatic nitrogens is 2. The van der Waals surface area contributed by atoms with Crippen LogP contribution in [-0.2, 0) is 7.05 Å². The molecule has 0 bridgehead atoms. The standard InChI is InChI=1S/C7H9N3/c1-6(3-8)7-4-9-10(2)5-7/h4-6H,1-2H3. The molecule has 0 radical (unpaired) electrons. The Morgan fingerprint density at radius 1 is 1.80 bits per heavy atom. The molecule has 3 nitrogen and oxygen atoms in total. The van der Waals surface area contributed by atoms with E-state index in [1.165, 1.54) is 0 Å². The van der Waals surface area contributed by atoms with Crippen LogP contribution in [0.1, 0.15) is 18.4 Å². The Labute approximate surface area is 59.9 Å². The fourth-order valence-corrected chi connectivity index (χ4v) is 0.738. The maximum absolute atomic E-state index is 8.51. The average molecular weight is 135 g/mol. The molecular formula is C7H9N3. The number of hydrogen-bond donors (Lipinski definition) is 0. The normalized spacial score (nSPS) is 12.5. The predicted octanol–water partition coefficient (Wildman–Crippen LogP) is 1.05. The van der Waals surface area contributed by atoms with E-state index in [1.54, 1.807) is 10.9 Å². The van der Waals surface area contributed by atoms with E-state index in [0.717, 1.165) is 5.56 Å². The summed E-state index contributed by atoms with van der Waals surface area (Å²) < 4.78 is 1.70. The molecule has 1 unspecified atom stereocenters. The Hall–Kier alpha value is -1.30. The van der Waals surface area contributed by atoms with Crippen LogP contribution >= 0.6 is 0 Å². The van der Waals surface area contributed by atoms with Gasteiger partial charge in [0.1, 0.15) is 0 Å². The van der Waals surface area contributed by atoms with Crippen molar-refractivity contribution in [1.82, 2.24) is 9.78 Å². The summed E-state index contributed by atoms with van der Waals surface area (Å²) in [6.45, 7) is 1.86. The van der Waals surface area contributed by atoms with Gasteiger partial charge < -0.3 is 0 Å². The van der Waals surface area contributed by atoms with E-state index >= 15 is 0 Å². The molecule has 0 aliphatic rings. The lowest BCUT2D eigenvalue weighted by molar-refractivity contribution is 0.766. The molecule has 0 N–H and O–H groups in total. The van der Waals surface area contributed by atoms with E-state index in [1.807, 2.05) is 20.2 Å². The van der Waals surface area contributed by atoms with Crippen LogP contribution in [0.4, 0.5) is 0 Å². The van der Waals surface area contributed by atoms with Gasteiger partial charge in [-0.15, -0.1) is 0 Å². The number of rotatable bonds is 1. The third-order valence-corrected chi connectivity index (χ3v) is 1.42. The highest BCUT2D eigenvalue weighted by molar-refractivity contribution is 5.16. The lowest BCUT2D eigenvalue weighted by Gasteiger charge is -1.92. The van der Waals surface area contributed by atoms with Gasteiger partial charge in [-0.3, -0.25) is 4.68 Å². The van der Waals surface area contributed by atoms with Crippen molar-refractivity contribution in [3.05, 3.63) is 18.0 Å². The second kappa shape index (κ2) is 2.53. The second-order valence-corrected chi connectivity index (χ2v) is 2.30. The summed E-state index contributed by atoms with van der Waals surface area (Å²) in [4.78, 5) is 0. The molecule has 3 heteroatoms. The van der Waals surface area contributed by atoms with Crippen LogP contribution in [0.25, 0.3) is 0 Å². The summed E-state index contributed by atoms with van der Waals surface area (Å²) in [6, 6.07) is 2.14. The zero-order chi connectivity index (χ0) is 7.56. The van der Waals surface area contributed by atoms with Crippen LogP contribution in [0.5, 0.6) is 0 Å². The van der Waals surface area contributed by atoms with Crippen LogP contribution in [-0.4, -0.2) is 9.78 Å². The summed E-state index contributed by atoms with van der Waals surface area (Å²) in [7, 11) is 1.84. The second-order valence-electron chi connectivity index (χ2n) is 2.30. The van der Waals surface area contributed by atoms with E-state index in [-0.39, 0.29) is 5.92 Å². The Kier molecular flexibility index (Phi) is 1.72. The molecule has 1 aromatic rings. The number of aryl methyl sites for hydroxylation is 1. The molecule has 52 valence electrons. The van der Waals surface area contributed by atoms with E-state index < -0.39 is 0 Å².